The lowest BCUT2D eigenvalue weighted by Gasteiger charge is -2.16. The molecule has 0 aromatic heterocycles. The summed E-state index contributed by atoms with van der Waals surface area (Å²) in [5, 5.41) is 0. The van der Waals surface area contributed by atoms with Crippen molar-refractivity contribution in [3.63, 3.8) is 0 Å². The molecule has 0 saturated carbocycles. The summed E-state index contributed by atoms with van der Waals surface area (Å²) >= 11 is 0. The third-order valence-corrected chi connectivity index (χ3v) is 5.10. The molecule has 2 aromatic rings. The topological polar surface area (TPSA) is 52.3 Å². The van der Waals surface area contributed by atoms with Crippen LogP contribution >= 0.6 is 0 Å². The predicted molar refractivity (Wildman–Crippen MR) is 94.2 cm³/mol. The molecule has 0 spiro atoms. The van der Waals surface area contributed by atoms with Gasteiger partial charge in [-0.1, -0.05) is 12.1 Å². The van der Waals surface area contributed by atoms with Crippen molar-refractivity contribution >= 4 is 0 Å². The highest BCUT2D eigenvalue weighted by molar-refractivity contribution is 5.77. The smallest absolute Gasteiger partial charge is 0.220 e. The fourth-order valence-electron chi connectivity index (χ4n) is 3.54. The van der Waals surface area contributed by atoms with Gasteiger partial charge in [0.15, 0.2) is 5.75 Å². The van der Waals surface area contributed by atoms with Gasteiger partial charge in [0.05, 0.1) is 7.11 Å². The number of hydrogen-bond donors (Lipinski definition) is 1. The molecule has 1 aliphatic carbocycles. The Kier molecular flexibility index (Phi) is 3.99. The van der Waals surface area contributed by atoms with Gasteiger partial charge in [-0.2, -0.15) is 0 Å². The molecule has 1 aliphatic rings. The highest BCUT2D eigenvalue weighted by Crippen LogP contribution is 2.39. The summed E-state index contributed by atoms with van der Waals surface area (Å²) in [7, 11) is 1.52. The molecule has 2 N–H and O–H groups in total. The van der Waals surface area contributed by atoms with Gasteiger partial charge in [-0.3, -0.25) is 4.79 Å². The van der Waals surface area contributed by atoms with Crippen LogP contribution in [0.4, 0.5) is 0 Å². The molecule has 3 heteroatoms. The lowest BCUT2D eigenvalue weighted by Crippen LogP contribution is -2.12. The normalized spacial score (nSPS) is 16.3. The van der Waals surface area contributed by atoms with Crippen LogP contribution in [0.5, 0.6) is 5.75 Å². The molecule has 2 aromatic carbocycles. The molecule has 0 amide bonds. The molecule has 0 aliphatic heterocycles. The minimum atomic E-state index is -0.137. The van der Waals surface area contributed by atoms with E-state index in [1.807, 2.05) is 6.07 Å². The van der Waals surface area contributed by atoms with E-state index in [1.54, 1.807) is 12.1 Å². The number of ether oxygens (including phenoxy) is 1. The maximum Gasteiger partial charge on any atom is 0.220 e. The van der Waals surface area contributed by atoms with E-state index in [0.29, 0.717) is 5.75 Å². The van der Waals surface area contributed by atoms with Gasteiger partial charge in [-0.15, -0.1) is 0 Å². The fourth-order valence-corrected chi connectivity index (χ4v) is 3.54. The molecule has 0 radical (unpaired) electrons. The molecule has 120 valence electrons. The van der Waals surface area contributed by atoms with Crippen molar-refractivity contribution in [3.05, 3.63) is 62.3 Å². The van der Waals surface area contributed by atoms with Crippen molar-refractivity contribution in [2.75, 3.05) is 7.11 Å². The number of nitrogens with two attached hydrogens (primary N) is 1. The quantitative estimate of drug-likeness (QED) is 0.876. The zero-order valence-electron chi connectivity index (χ0n) is 14.2. The highest BCUT2D eigenvalue weighted by atomic mass is 16.5. The predicted octanol–water partition coefficient (Wildman–Crippen LogP) is 3.59. The number of rotatable bonds is 1. The molecular formula is C20H23NO2. The van der Waals surface area contributed by atoms with Crippen molar-refractivity contribution in [2.45, 2.75) is 39.7 Å². The monoisotopic (exact) mass is 309 g/mol. The van der Waals surface area contributed by atoms with Gasteiger partial charge >= 0.3 is 0 Å². The van der Waals surface area contributed by atoms with E-state index in [4.69, 9.17) is 10.5 Å². The lowest BCUT2D eigenvalue weighted by atomic mass is 9.88. The van der Waals surface area contributed by atoms with Crippen molar-refractivity contribution in [1.82, 2.24) is 0 Å². The summed E-state index contributed by atoms with van der Waals surface area (Å²) in [6.45, 7) is 6.46. The summed E-state index contributed by atoms with van der Waals surface area (Å²) in [5.74, 6) is 0.355. The summed E-state index contributed by atoms with van der Waals surface area (Å²) < 4.78 is 5.20. The average molecular weight is 309 g/mol. The van der Waals surface area contributed by atoms with E-state index in [0.717, 1.165) is 24.0 Å². The zero-order valence-corrected chi connectivity index (χ0v) is 14.2. The van der Waals surface area contributed by atoms with Crippen LogP contribution in [-0.2, 0) is 6.42 Å². The van der Waals surface area contributed by atoms with E-state index in [9.17, 15) is 4.79 Å². The zero-order chi connectivity index (χ0) is 16.7. The molecule has 3 nitrogen and oxygen atoms in total. The Balaban J connectivity index is 2.42. The Morgan fingerprint density at radius 3 is 2.57 bits per heavy atom. The standard InChI is InChI=1S/C20H23NO2/c1-11-9-14-5-7-17(21)16-10-18(22)19(23-4)8-6-15(16)20(14)13(3)12(11)2/h6,8-10,17H,5,7,21H2,1-4H3/t17-/m0/s1. The average Bonchev–Trinajstić information content (AvgIpc) is 2.76. The molecule has 0 bridgehead atoms. The third-order valence-electron chi connectivity index (χ3n) is 5.10. The van der Waals surface area contributed by atoms with Crippen LogP contribution in [-0.4, -0.2) is 7.11 Å². The van der Waals surface area contributed by atoms with Crippen molar-refractivity contribution in [3.8, 4) is 16.9 Å². The second kappa shape index (κ2) is 5.82. The largest absolute Gasteiger partial charge is 0.493 e. The second-order valence-corrected chi connectivity index (χ2v) is 6.40. The molecule has 0 fully saturated rings. The Hall–Kier alpha value is -2.13. The van der Waals surface area contributed by atoms with Crippen LogP contribution in [0.3, 0.4) is 0 Å². The summed E-state index contributed by atoms with van der Waals surface area (Å²) in [6, 6.07) is 7.53. The first-order chi connectivity index (χ1) is 10.9. The number of hydrogen-bond acceptors (Lipinski definition) is 3. The van der Waals surface area contributed by atoms with E-state index >= 15 is 0 Å². The van der Waals surface area contributed by atoms with E-state index in [1.165, 1.54) is 34.9 Å². The van der Waals surface area contributed by atoms with Crippen LogP contribution in [0.15, 0.2) is 29.1 Å². The third kappa shape index (κ3) is 2.55. The fraction of sp³-hybridized carbons (Fsp3) is 0.350. The molecular weight excluding hydrogens is 286 g/mol. The second-order valence-electron chi connectivity index (χ2n) is 6.40. The van der Waals surface area contributed by atoms with Crippen molar-refractivity contribution < 1.29 is 4.74 Å². The van der Waals surface area contributed by atoms with Crippen LogP contribution in [0.1, 0.15) is 40.3 Å². The first kappa shape index (κ1) is 15.8. The summed E-state index contributed by atoms with van der Waals surface area (Å²) in [5.41, 5.74) is 14.7. The molecule has 0 heterocycles. The van der Waals surface area contributed by atoms with Crippen LogP contribution in [0.2, 0.25) is 0 Å². The SMILES string of the molecule is COc1ccc2c(cc1=O)[C@@H](N)CCc1cc(C)c(C)c(C)c1-2. The summed E-state index contributed by atoms with van der Waals surface area (Å²) in [6.07, 6.45) is 1.77. The summed E-state index contributed by atoms with van der Waals surface area (Å²) in [4.78, 5) is 12.3. The van der Waals surface area contributed by atoms with E-state index < -0.39 is 0 Å². The first-order valence-electron chi connectivity index (χ1n) is 8.02. The minimum Gasteiger partial charge on any atom is -0.493 e. The Morgan fingerprint density at radius 2 is 1.87 bits per heavy atom. The lowest BCUT2D eigenvalue weighted by molar-refractivity contribution is 0.411. The highest BCUT2D eigenvalue weighted by Gasteiger charge is 2.22. The number of aryl methyl sites for hydroxylation is 2. The molecule has 0 unspecified atom stereocenters. The van der Waals surface area contributed by atoms with Gasteiger partial charge in [0, 0.05) is 6.04 Å². The Morgan fingerprint density at radius 1 is 1.13 bits per heavy atom. The molecule has 23 heavy (non-hydrogen) atoms. The van der Waals surface area contributed by atoms with E-state index in [-0.39, 0.29) is 11.5 Å². The number of methoxy groups -OCH3 is 1. The van der Waals surface area contributed by atoms with Gasteiger partial charge < -0.3 is 10.5 Å². The number of fused-ring (bicyclic) bond motifs is 3. The van der Waals surface area contributed by atoms with Gasteiger partial charge in [0.2, 0.25) is 5.43 Å². The minimum absolute atomic E-state index is 0.117. The number of benzene rings is 1. The van der Waals surface area contributed by atoms with Crippen LogP contribution < -0.4 is 15.9 Å². The Labute approximate surface area is 137 Å². The molecule has 0 saturated heterocycles. The van der Waals surface area contributed by atoms with Gasteiger partial charge in [-0.25, -0.2) is 0 Å². The maximum atomic E-state index is 12.3. The van der Waals surface area contributed by atoms with Gasteiger partial charge in [0.1, 0.15) is 0 Å². The van der Waals surface area contributed by atoms with Gasteiger partial charge in [-0.05, 0) is 84.7 Å². The van der Waals surface area contributed by atoms with E-state index in [2.05, 4.69) is 26.8 Å². The van der Waals surface area contributed by atoms with Crippen molar-refractivity contribution in [2.24, 2.45) is 5.73 Å². The Bertz CT molecular complexity index is 840. The molecule has 1 atom stereocenters. The maximum absolute atomic E-state index is 12.3. The van der Waals surface area contributed by atoms with Crippen LogP contribution in [0, 0.1) is 20.8 Å². The van der Waals surface area contributed by atoms with Crippen LogP contribution in [0.25, 0.3) is 11.1 Å². The van der Waals surface area contributed by atoms with Gasteiger partial charge in [0.25, 0.3) is 0 Å². The molecule has 3 rings (SSSR count). The first-order valence-corrected chi connectivity index (χ1v) is 8.02. The van der Waals surface area contributed by atoms with Crippen molar-refractivity contribution in [1.29, 1.82) is 0 Å².